The Morgan fingerprint density at radius 3 is 2.92 bits per heavy atom. The third kappa shape index (κ3) is 4.22. The van der Waals surface area contributed by atoms with Gasteiger partial charge in [-0.2, -0.15) is 10.2 Å². The summed E-state index contributed by atoms with van der Waals surface area (Å²) in [6.07, 6.45) is 7.70. The molecular weight excluding hydrogens is 328 g/mol. The van der Waals surface area contributed by atoms with E-state index in [2.05, 4.69) is 32.9 Å². The second-order valence-electron chi connectivity index (χ2n) is 6.25. The smallest absolute Gasteiger partial charge is 0.208 e. The molecule has 0 bridgehead atoms. The molecule has 0 amide bonds. The fraction of sp³-hybridized carbons (Fsp3) is 0.600. The molecule has 3 rings (SSSR count). The fourth-order valence-corrected chi connectivity index (χ4v) is 3.62. The van der Waals surface area contributed by atoms with E-state index in [1.807, 2.05) is 27.8 Å². The van der Waals surface area contributed by atoms with Crippen molar-refractivity contribution >= 4 is 10.0 Å². The van der Waals surface area contributed by atoms with Crippen LogP contribution in [-0.2, 0) is 29.7 Å². The SMILES string of the molecule is CCn1cc(CN2Cc3ccnn3[C@H](CCNS(C)(=O)=O)C2)cn1. The molecule has 1 N–H and O–H groups in total. The maximum Gasteiger partial charge on any atom is 0.208 e. The van der Waals surface area contributed by atoms with Gasteiger partial charge in [0.15, 0.2) is 0 Å². The fourth-order valence-electron chi connectivity index (χ4n) is 3.13. The summed E-state index contributed by atoms with van der Waals surface area (Å²) in [6.45, 7) is 5.88. The van der Waals surface area contributed by atoms with Gasteiger partial charge in [-0.05, 0) is 19.4 Å². The Kier molecular flexibility index (Phi) is 5.02. The van der Waals surface area contributed by atoms with Crippen LogP contribution < -0.4 is 4.72 Å². The number of sulfonamides is 1. The summed E-state index contributed by atoms with van der Waals surface area (Å²) in [5.41, 5.74) is 2.35. The maximum absolute atomic E-state index is 11.3. The Morgan fingerprint density at radius 2 is 2.21 bits per heavy atom. The van der Waals surface area contributed by atoms with Crippen LogP contribution in [-0.4, -0.2) is 52.2 Å². The summed E-state index contributed by atoms with van der Waals surface area (Å²) in [4.78, 5) is 2.36. The van der Waals surface area contributed by atoms with Gasteiger partial charge in [0, 0.05) is 50.7 Å². The topological polar surface area (TPSA) is 85.0 Å². The molecule has 0 saturated carbocycles. The molecule has 8 nitrogen and oxygen atoms in total. The molecule has 1 aliphatic rings. The Morgan fingerprint density at radius 1 is 1.38 bits per heavy atom. The standard InChI is InChI=1S/C15H24N6O2S/c1-3-20-10-13(8-17-20)9-19-11-14-4-6-16-21(14)15(12-19)5-7-18-24(2,22)23/h4,6,8,10,15,18H,3,5,7,9,11-12H2,1-2H3/t15-/m1/s1. The molecule has 0 saturated heterocycles. The monoisotopic (exact) mass is 352 g/mol. The average Bonchev–Trinajstić information content (AvgIpc) is 3.14. The van der Waals surface area contributed by atoms with Gasteiger partial charge >= 0.3 is 0 Å². The molecule has 0 aliphatic carbocycles. The van der Waals surface area contributed by atoms with Crippen molar-refractivity contribution < 1.29 is 8.42 Å². The summed E-state index contributed by atoms with van der Waals surface area (Å²) < 4.78 is 29.0. The molecule has 0 aromatic carbocycles. The number of hydrogen-bond donors (Lipinski definition) is 1. The number of aryl methyl sites for hydroxylation is 1. The lowest BCUT2D eigenvalue weighted by Crippen LogP contribution is -2.38. The van der Waals surface area contributed by atoms with E-state index in [-0.39, 0.29) is 6.04 Å². The van der Waals surface area contributed by atoms with Crippen molar-refractivity contribution in [1.82, 2.24) is 29.2 Å². The van der Waals surface area contributed by atoms with Crippen LogP contribution in [0.15, 0.2) is 24.7 Å². The molecule has 1 atom stereocenters. The van der Waals surface area contributed by atoms with Gasteiger partial charge < -0.3 is 0 Å². The van der Waals surface area contributed by atoms with Crippen LogP contribution in [0.25, 0.3) is 0 Å². The van der Waals surface area contributed by atoms with Crippen molar-refractivity contribution in [2.75, 3.05) is 19.3 Å². The van der Waals surface area contributed by atoms with Crippen LogP contribution in [0.3, 0.4) is 0 Å². The first-order valence-electron chi connectivity index (χ1n) is 8.15. The number of rotatable bonds is 7. The lowest BCUT2D eigenvalue weighted by Gasteiger charge is -2.33. The van der Waals surface area contributed by atoms with Crippen molar-refractivity contribution in [2.45, 2.75) is 39.0 Å². The lowest BCUT2D eigenvalue weighted by molar-refractivity contribution is 0.162. The second-order valence-corrected chi connectivity index (χ2v) is 8.08. The van der Waals surface area contributed by atoms with Gasteiger partial charge in [-0.15, -0.1) is 0 Å². The zero-order valence-electron chi connectivity index (χ0n) is 14.1. The molecule has 0 unspecified atom stereocenters. The number of aromatic nitrogens is 4. The molecule has 0 spiro atoms. The van der Waals surface area contributed by atoms with E-state index in [0.29, 0.717) is 13.0 Å². The Labute approximate surface area is 142 Å². The van der Waals surface area contributed by atoms with Gasteiger partial charge in [0.25, 0.3) is 0 Å². The summed E-state index contributed by atoms with van der Waals surface area (Å²) in [5.74, 6) is 0. The average molecular weight is 352 g/mol. The highest BCUT2D eigenvalue weighted by atomic mass is 32.2. The molecule has 24 heavy (non-hydrogen) atoms. The molecule has 0 fully saturated rings. The van der Waals surface area contributed by atoms with Crippen molar-refractivity contribution in [3.05, 3.63) is 35.9 Å². The van der Waals surface area contributed by atoms with Gasteiger partial charge in [-0.25, -0.2) is 13.1 Å². The van der Waals surface area contributed by atoms with Crippen LogP contribution in [0.5, 0.6) is 0 Å². The Balaban J connectivity index is 1.66. The zero-order valence-corrected chi connectivity index (χ0v) is 14.9. The first kappa shape index (κ1) is 17.1. The van der Waals surface area contributed by atoms with Crippen LogP contribution in [0, 0.1) is 0 Å². The van der Waals surface area contributed by atoms with Crippen molar-refractivity contribution in [3.63, 3.8) is 0 Å². The predicted molar refractivity (Wildman–Crippen MR) is 90.7 cm³/mol. The largest absolute Gasteiger partial charge is 0.291 e. The van der Waals surface area contributed by atoms with E-state index in [1.165, 1.54) is 11.8 Å². The van der Waals surface area contributed by atoms with Gasteiger partial charge in [-0.1, -0.05) is 0 Å². The first-order chi connectivity index (χ1) is 11.4. The molecule has 1 aliphatic heterocycles. The number of hydrogen-bond acceptors (Lipinski definition) is 5. The third-order valence-corrected chi connectivity index (χ3v) is 4.94. The van der Waals surface area contributed by atoms with E-state index in [4.69, 9.17) is 0 Å². The number of nitrogens with one attached hydrogen (secondary N) is 1. The maximum atomic E-state index is 11.3. The molecule has 2 aromatic rings. The number of nitrogens with zero attached hydrogens (tertiary/aromatic N) is 5. The second kappa shape index (κ2) is 7.04. The van der Waals surface area contributed by atoms with Gasteiger partial charge in [0.1, 0.15) is 0 Å². The Hall–Kier alpha value is -1.71. The number of fused-ring (bicyclic) bond motifs is 1. The summed E-state index contributed by atoms with van der Waals surface area (Å²) in [5, 5.41) is 8.73. The third-order valence-electron chi connectivity index (χ3n) is 4.21. The van der Waals surface area contributed by atoms with Crippen LogP contribution in [0.2, 0.25) is 0 Å². The summed E-state index contributed by atoms with van der Waals surface area (Å²) >= 11 is 0. The predicted octanol–water partition coefficient (Wildman–Crippen LogP) is 0.596. The highest BCUT2D eigenvalue weighted by Gasteiger charge is 2.25. The molecule has 0 radical (unpaired) electrons. The zero-order chi connectivity index (χ0) is 17.2. The van der Waals surface area contributed by atoms with Crippen molar-refractivity contribution in [1.29, 1.82) is 0 Å². The quantitative estimate of drug-likeness (QED) is 0.789. The van der Waals surface area contributed by atoms with Crippen LogP contribution in [0.1, 0.15) is 30.6 Å². The van der Waals surface area contributed by atoms with E-state index in [9.17, 15) is 8.42 Å². The molecule has 3 heterocycles. The minimum absolute atomic E-state index is 0.166. The van der Waals surface area contributed by atoms with Crippen LogP contribution >= 0.6 is 0 Å². The molecule has 132 valence electrons. The minimum atomic E-state index is -3.16. The summed E-state index contributed by atoms with van der Waals surface area (Å²) in [7, 11) is -3.16. The van der Waals surface area contributed by atoms with Crippen molar-refractivity contribution in [2.24, 2.45) is 0 Å². The lowest BCUT2D eigenvalue weighted by atomic mass is 10.1. The van der Waals surface area contributed by atoms with E-state index in [0.717, 1.165) is 31.9 Å². The minimum Gasteiger partial charge on any atom is -0.291 e. The normalized spacial score (nSPS) is 18.7. The van der Waals surface area contributed by atoms with Gasteiger partial charge in [0.2, 0.25) is 10.0 Å². The molecular formula is C15H24N6O2S. The van der Waals surface area contributed by atoms with Gasteiger partial charge in [0.05, 0.1) is 24.2 Å². The van der Waals surface area contributed by atoms with E-state index in [1.54, 1.807) is 0 Å². The highest BCUT2D eigenvalue weighted by Crippen LogP contribution is 2.24. The first-order valence-corrected chi connectivity index (χ1v) is 10.0. The van der Waals surface area contributed by atoms with Crippen LogP contribution in [0.4, 0.5) is 0 Å². The van der Waals surface area contributed by atoms with E-state index >= 15 is 0 Å². The van der Waals surface area contributed by atoms with Gasteiger partial charge in [-0.3, -0.25) is 14.3 Å². The van der Waals surface area contributed by atoms with E-state index < -0.39 is 10.0 Å². The Bertz CT molecular complexity index is 781. The molecule has 2 aromatic heterocycles. The molecule has 9 heteroatoms. The highest BCUT2D eigenvalue weighted by molar-refractivity contribution is 7.88. The summed E-state index contributed by atoms with van der Waals surface area (Å²) in [6, 6.07) is 2.19. The van der Waals surface area contributed by atoms with Crippen molar-refractivity contribution in [3.8, 4) is 0 Å².